The number of benzene rings is 1. The molecule has 0 fully saturated rings. The fourth-order valence-corrected chi connectivity index (χ4v) is 2.44. The molecule has 1 unspecified atom stereocenters. The first-order valence-corrected chi connectivity index (χ1v) is 8.02. The van der Waals surface area contributed by atoms with Gasteiger partial charge in [0.1, 0.15) is 5.82 Å². The summed E-state index contributed by atoms with van der Waals surface area (Å²) in [4.78, 5) is 7.18. The van der Waals surface area contributed by atoms with Gasteiger partial charge in [0.25, 0.3) is 0 Å². The molecule has 2 rings (SSSR count). The van der Waals surface area contributed by atoms with E-state index in [1.54, 1.807) is 0 Å². The number of guanidine groups is 1. The second-order valence-corrected chi connectivity index (χ2v) is 5.91. The highest BCUT2D eigenvalue weighted by Crippen LogP contribution is 2.40. The fourth-order valence-electron chi connectivity index (χ4n) is 2.44. The molecule has 0 saturated heterocycles. The summed E-state index contributed by atoms with van der Waals surface area (Å²) in [5, 5.41) is 12.5. The van der Waals surface area contributed by atoms with Crippen LogP contribution < -0.4 is 15.8 Å². The van der Waals surface area contributed by atoms with E-state index in [0.717, 1.165) is 16.8 Å². The Balaban J connectivity index is 2.13. The van der Waals surface area contributed by atoms with Crippen LogP contribution in [0.2, 0.25) is 0 Å². The molecule has 0 aliphatic heterocycles. The number of hydrogen-bond donors (Lipinski definition) is 3. The highest BCUT2D eigenvalue weighted by molar-refractivity contribution is 5.93. The predicted molar refractivity (Wildman–Crippen MR) is 91.0 cm³/mol. The van der Waals surface area contributed by atoms with Crippen LogP contribution in [0.15, 0.2) is 41.7 Å². The maximum atomic E-state index is 13.4. The first kappa shape index (κ1) is 22.3. The summed E-state index contributed by atoms with van der Waals surface area (Å²) in [5.41, 5.74) is 2.07. The van der Waals surface area contributed by atoms with Crippen molar-refractivity contribution in [3.8, 4) is 5.75 Å². The van der Waals surface area contributed by atoms with E-state index < -0.39 is 48.6 Å². The van der Waals surface area contributed by atoms with Gasteiger partial charge in [-0.25, -0.2) is 4.98 Å². The molecular weight excluding hydrogens is 408 g/mol. The number of imidazole rings is 1. The van der Waals surface area contributed by atoms with Crippen LogP contribution in [-0.4, -0.2) is 39.7 Å². The van der Waals surface area contributed by atoms with Gasteiger partial charge in [0, 0.05) is 32.4 Å². The molecule has 29 heavy (non-hydrogen) atoms. The minimum Gasteiger partial charge on any atom is -0.404 e. The van der Waals surface area contributed by atoms with Crippen molar-refractivity contribution in [3.05, 3.63) is 42.5 Å². The van der Waals surface area contributed by atoms with Crippen LogP contribution in [0.25, 0.3) is 0 Å². The van der Waals surface area contributed by atoms with Crippen molar-refractivity contribution in [2.45, 2.75) is 24.6 Å². The maximum absolute atomic E-state index is 13.4. The van der Waals surface area contributed by atoms with Gasteiger partial charge < -0.3 is 25.5 Å². The van der Waals surface area contributed by atoms with Crippen LogP contribution in [0, 0.1) is 0 Å². The number of nitrogens with one attached hydrogen (secondary N) is 1. The van der Waals surface area contributed by atoms with Gasteiger partial charge in [-0.3, -0.25) is 4.99 Å². The third kappa shape index (κ3) is 5.53. The number of nitrogens with zero attached hydrogens (tertiary/aromatic N) is 3. The zero-order valence-electron chi connectivity index (χ0n) is 14.9. The van der Waals surface area contributed by atoms with Crippen molar-refractivity contribution < 1.29 is 36.2 Å². The Labute approximate surface area is 160 Å². The Hall–Kier alpha value is -2.96. The number of aryl methyl sites for hydroxylation is 1. The monoisotopic (exact) mass is 425 g/mol. The van der Waals surface area contributed by atoms with Crippen LogP contribution >= 0.6 is 0 Å². The lowest BCUT2D eigenvalue weighted by atomic mass is 9.98. The summed E-state index contributed by atoms with van der Waals surface area (Å²) in [6.45, 7) is -0.593. The number of rotatable bonds is 6. The SMILES string of the molecule is Cn1ccnc1C(O)(CCN=C(N)Nc1ccccc1OC(F)(F)F)C(F)(F)F. The van der Waals surface area contributed by atoms with E-state index >= 15 is 0 Å². The molecule has 1 aromatic heterocycles. The van der Waals surface area contributed by atoms with Gasteiger partial charge in [0.15, 0.2) is 11.7 Å². The molecule has 1 atom stereocenters. The van der Waals surface area contributed by atoms with Gasteiger partial charge >= 0.3 is 12.5 Å². The van der Waals surface area contributed by atoms with Gasteiger partial charge in [-0.15, -0.1) is 13.2 Å². The zero-order valence-corrected chi connectivity index (χ0v) is 14.9. The molecule has 7 nitrogen and oxygen atoms in total. The summed E-state index contributed by atoms with van der Waals surface area (Å²) in [5.74, 6) is -1.69. The quantitative estimate of drug-likeness (QED) is 0.376. The Kier molecular flexibility index (Phi) is 6.30. The molecule has 160 valence electrons. The number of aliphatic hydroxyl groups is 1. The first-order chi connectivity index (χ1) is 13.3. The highest BCUT2D eigenvalue weighted by atomic mass is 19.4. The molecule has 0 amide bonds. The molecule has 0 saturated carbocycles. The topological polar surface area (TPSA) is 97.7 Å². The van der Waals surface area contributed by atoms with Crippen LogP contribution in [0.3, 0.4) is 0 Å². The molecule has 0 spiro atoms. The number of para-hydroxylation sites is 2. The standard InChI is InChI=1S/C16H17F6N5O2/c1-27-9-8-24-12(27)14(28,15(17,18)19)6-7-25-13(23)26-10-4-2-3-5-11(10)29-16(20,21)22/h2-5,8-9,28H,6-7H2,1H3,(H3,23,25,26). The average molecular weight is 425 g/mol. The van der Waals surface area contributed by atoms with E-state index in [2.05, 4.69) is 20.0 Å². The van der Waals surface area contributed by atoms with E-state index in [1.807, 2.05) is 0 Å². The maximum Gasteiger partial charge on any atom is 0.573 e. The summed E-state index contributed by atoms with van der Waals surface area (Å²) >= 11 is 0. The van der Waals surface area contributed by atoms with Crippen molar-refractivity contribution in [1.82, 2.24) is 9.55 Å². The van der Waals surface area contributed by atoms with Gasteiger partial charge in [0.05, 0.1) is 5.69 Å². The van der Waals surface area contributed by atoms with Crippen LogP contribution in [0.4, 0.5) is 32.0 Å². The smallest absolute Gasteiger partial charge is 0.404 e. The molecular formula is C16H17F6N5O2. The lowest BCUT2D eigenvalue weighted by Gasteiger charge is -2.29. The number of alkyl halides is 6. The zero-order chi connectivity index (χ0) is 21.9. The highest BCUT2D eigenvalue weighted by Gasteiger charge is 2.57. The largest absolute Gasteiger partial charge is 0.573 e. The number of ether oxygens (including phenoxy) is 1. The number of halogens is 6. The summed E-state index contributed by atoms with van der Waals surface area (Å²) < 4.78 is 82.3. The van der Waals surface area contributed by atoms with E-state index in [1.165, 1.54) is 31.4 Å². The summed E-state index contributed by atoms with van der Waals surface area (Å²) in [6.07, 6.45) is -8.57. The number of anilines is 1. The Morgan fingerprint density at radius 2 is 1.90 bits per heavy atom. The predicted octanol–water partition coefficient (Wildman–Crippen LogP) is 2.89. The second kappa shape index (κ2) is 8.19. The number of nitrogens with two attached hydrogens (primary N) is 1. The van der Waals surface area contributed by atoms with Crippen molar-refractivity contribution in [1.29, 1.82) is 0 Å². The number of hydrogen-bond acceptors (Lipinski definition) is 4. The number of aliphatic imine (C=N–C) groups is 1. The molecule has 2 aromatic rings. The Morgan fingerprint density at radius 1 is 1.24 bits per heavy atom. The van der Waals surface area contributed by atoms with Gasteiger partial charge in [0.2, 0.25) is 5.60 Å². The minimum atomic E-state index is -5.04. The Bertz CT molecular complexity index is 864. The normalized spacial score (nSPS) is 15.1. The van der Waals surface area contributed by atoms with E-state index in [-0.39, 0.29) is 5.69 Å². The van der Waals surface area contributed by atoms with Crippen molar-refractivity contribution >= 4 is 11.6 Å². The molecule has 0 bridgehead atoms. The lowest BCUT2D eigenvalue weighted by Crippen LogP contribution is -2.45. The van der Waals surface area contributed by atoms with Crippen LogP contribution in [-0.2, 0) is 12.6 Å². The second-order valence-electron chi connectivity index (χ2n) is 5.91. The van der Waals surface area contributed by atoms with E-state index in [4.69, 9.17) is 5.73 Å². The molecule has 0 aliphatic carbocycles. The first-order valence-electron chi connectivity index (χ1n) is 8.02. The Morgan fingerprint density at radius 3 is 2.45 bits per heavy atom. The third-order valence-corrected chi connectivity index (χ3v) is 3.79. The van der Waals surface area contributed by atoms with Crippen molar-refractivity contribution in [3.63, 3.8) is 0 Å². The van der Waals surface area contributed by atoms with Gasteiger partial charge in [-0.1, -0.05) is 12.1 Å². The number of aromatic nitrogens is 2. The van der Waals surface area contributed by atoms with Crippen molar-refractivity contribution in [2.75, 3.05) is 11.9 Å². The lowest BCUT2D eigenvalue weighted by molar-refractivity contribution is -0.274. The van der Waals surface area contributed by atoms with Gasteiger partial charge in [-0.05, 0) is 12.1 Å². The summed E-state index contributed by atoms with van der Waals surface area (Å²) in [7, 11) is 1.29. The van der Waals surface area contributed by atoms with Gasteiger partial charge in [-0.2, -0.15) is 13.2 Å². The average Bonchev–Trinajstić information content (AvgIpc) is 3.00. The van der Waals surface area contributed by atoms with E-state index in [9.17, 15) is 31.4 Å². The molecule has 13 heteroatoms. The van der Waals surface area contributed by atoms with Crippen molar-refractivity contribution in [2.24, 2.45) is 17.8 Å². The fraction of sp³-hybridized carbons (Fsp3) is 0.375. The third-order valence-electron chi connectivity index (χ3n) is 3.79. The van der Waals surface area contributed by atoms with Crippen LogP contribution in [0.5, 0.6) is 5.75 Å². The van der Waals surface area contributed by atoms with E-state index in [0.29, 0.717) is 0 Å². The molecule has 0 aliphatic rings. The molecule has 1 aromatic carbocycles. The summed E-state index contributed by atoms with van der Waals surface area (Å²) in [6, 6.07) is 4.91. The van der Waals surface area contributed by atoms with Crippen LogP contribution in [0.1, 0.15) is 12.2 Å². The molecule has 4 N–H and O–H groups in total. The molecule has 1 heterocycles. The minimum absolute atomic E-state index is 0.193. The molecule has 0 radical (unpaired) electrons.